The summed E-state index contributed by atoms with van der Waals surface area (Å²) in [5, 5.41) is 5.78. The molecule has 1 aliphatic rings. The van der Waals surface area contributed by atoms with E-state index in [0.29, 0.717) is 13.2 Å². The molecule has 2 N–H and O–H groups in total. The number of rotatable bonds is 7. The number of thioether (sulfide) groups is 1. The second kappa shape index (κ2) is 9.75. The van der Waals surface area contributed by atoms with Crippen molar-refractivity contribution >= 4 is 29.3 Å². The van der Waals surface area contributed by atoms with Crippen LogP contribution in [-0.4, -0.2) is 36.5 Å². The van der Waals surface area contributed by atoms with E-state index in [1.54, 1.807) is 0 Å². The minimum atomic E-state index is -0.106. The molecule has 0 aliphatic carbocycles. The van der Waals surface area contributed by atoms with Gasteiger partial charge in [0.2, 0.25) is 11.8 Å². The number of nitrogens with one attached hydrogen (secondary N) is 2. The number of benzene rings is 2. The van der Waals surface area contributed by atoms with Gasteiger partial charge in [0.15, 0.2) is 0 Å². The van der Waals surface area contributed by atoms with Gasteiger partial charge < -0.3 is 15.4 Å². The number of hydrogen-bond acceptors (Lipinski definition) is 4. The summed E-state index contributed by atoms with van der Waals surface area (Å²) in [6.07, 6.45) is 0.804. The molecule has 0 bridgehead atoms. The maximum absolute atomic E-state index is 12.1. The summed E-state index contributed by atoms with van der Waals surface area (Å²) in [5.74, 6) is 0.291. The quantitative estimate of drug-likeness (QED) is 0.750. The number of anilines is 1. The molecule has 3 rings (SSSR count). The van der Waals surface area contributed by atoms with Crippen molar-refractivity contribution in [3.63, 3.8) is 0 Å². The molecule has 28 heavy (non-hydrogen) atoms. The highest BCUT2D eigenvalue weighted by Crippen LogP contribution is 2.26. The fraction of sp³-hybridized carbons (Fsp3) is 0.364. The number of hydrogen-bond donors (Lipinski definition) is 2. The van der Waals surface area contributed by atoms with E-state index in [1.165, 1.54) is 22.9 Å². The van der Waals surface area contributed by atoms with Gasteiger partial charge in [-0.05, 0) is 54.7 Å². The third-order valence-electron chi connectivity index (χ3n) is 4.83. The van der Waals surface area contributed by atoms with E-state index in [-0.39, 0.29) is 29.4 Å². The summed E-state index contributed by atoms with van der Waals surface area (Å²) >= 11 is 1.30. The number of aryl methyl sites for hydroxylation is 2. The molecule has 2 aromatic carbocycles. The van der Waals surface area contributed by atoms with Gasteiger partial charge in [0.1, 0.15) is 6.10 Å². The number of fused-ring (bicyclic) bond motifs is 1. The highest BCUT2D eigenvalue weighted by molar-refractivity contribution is 8.00. The lowest BCUT2D eigenvalue weighted by Gasteiger charge is -2.26. The summed E-state index contributed by atoms with van der Waals surface area (Å²) in [4.78, 5) is 24.1. The van der Waals surface area contributed by atoms with Gasteiger partial charge in [-0.3, -0.25) is 9.59 Å². The molecule has 0 saturated carbocycles. The molecule has 0 fully saturated rings. The Balaban J connectivity index is 1.38. The normalized spacial score (nSPS) is 15.6. The Bertz CT molecular complexity index is 853. The molecule has 1 atom stereocenters. The van der Waals surface area contributed by atoms with Crippen molar-refractivity contribution in [2.75, 3.05) is 30.0 Å². The first-order valence-electron chi connectivity index (χ1n) is 9.44. The average Bonchev–Trinajstić information content (AvgIpc) is 2.69. The molecule has 2 aromatic rings. The second-order valence-electron chi connectivity index (χ2n) is 6.95. The monoisotopic (exact) mass is 398 g/mol. The Hall–Kier alpha value is -2.31. The maximum atomic E-state index is 12.1. The number of amides is 2. The average molecular weight is 399 g/mol. The van der Waals surface area contributed by atoms with Gasteiger partial charge in [-0.25, -0.2) is 0 Å². The van der Waals surface area contributed by atoms with Gasteiger partial charge in [-0.2, -0.15) is 0 Å². The molecule has 0 aromatic heterocycles. The van der Waals surface area contributed by atoms with Crippen LogP contribution < -0.4 is 10.6 Å². The first-order valence-corrected chi connectivity index (χ1v) is 10.6. The van der Waals surface area contributed by atoms with Crippen LogP contribution in [0.2, 0.25) is 0 Å². The van der Waals surface area contributed by atoms with Crippen LogP contribution in [-0.2, 0) is 20.7 Å². The number of carbonyl (C=O) groups is 2. The van der Waals surface area contributed by atoms with Crippen LogP contribution in [0.1, 0.15) is 28.4 Å². The molecule has 0 radical (unpaired) electrons. The molecule has 1 heterocycles. The molecule has 0 saturated heterocycles. The van der Waals surface area contributed by atoms with E-state index >= 15 is 0 Å². The lowest BCUT2D eigenvalue weighted by molar-refractivity contribution is -0.119. The Morgan fingerprint density at radius 2 is 1.86 bits per heavy atom. The van der Waals surface area contributed by atoms with Crippen molar-refractivity contribution < 1.29 is 14.3 Å². The van der Waals surface area contributed by atoms with Crippen molar-refractivity contribution in [2.45, 2.75) is 26.4 Å². The predicted octanol–water partition coefficient (Wildman–Crippen LogP) is 3.41. The molecule has 6 heteroatoms. The molecule has 1 aliphatic heterocycles. The van der Waals surface area contributed by atoms with Gasteiger partial charge >= 0.3 is 0 Å². The summed E-state index contributed by atoms with van der Waals surface area (Å²) in [5.41, 5.74) is 5.54. The molecule has 0 spiro atoms. The molecule has 5 nitrogen and oxygen atoms in total. The number of carbonyl (C=O) groups excluding carboxylic acids is 2. The first-order chi connectivity index (χ1) is 13.5. The third kappa shape index (κ3) is 5.59. The van der Waals surface area contributed by atoms with E-state index in [2.05, 4.69) is 22.8 Å². The molecular formula is C22H26N2O3S. The summed E-state index contributed by atoms with van der Waals surface area (Å²) in [6, 6.07) is 14.0. The molecule has 148 valence electrons. The van der Waals surface area contributed by atoms with Gasteiger partial charge in [-0.1, -0.05) is 30.3 Å². The van der Waals surface area contributed by atoms with E-state index in [9.17, 15) is 9.59 Å². The minimum absolute atomic E-state index is 0.0874. The van der Waals surface area contributed by atoms with Crippen molar-refractivity contribution in [3.05, 3.63) is 64.7 Å². The zero-order chi connectivity index (χ0) is 19.9. The van der Waals surface area contributed by atoms with E-state index in [1.807, 2.05) is 44.2 Å². The Kier molecular flexibility index (Phi) is 7.12. The lowest BCUT2D eigenvalue weighted by Crippen LogP contribution is -2.33. The number of ether oxygens (including phenoxy) is 1. The fourth-order valence-corrected chi connectivity index (χ4v) is 3.80. The SMILES string of the molecule is Cc1ccc(NC(=O)CSCC(=O)NC[C@@H]2OCCc3ccccc32)cc1C. The smallest absolute Gasteiger partial charge is 0.234 e. The van der Waals surface area contributed by atoms with Gasteiger partial charge in [0.25, 0.3) is 0 Å². The van der Waals surface area contributed by atoms with Crippen LogP contribution in [0.25, 0.3) is 0 Å². The highest BCUT2D eigenvalue weighted by atomic mass is 32.2. The van der Waals surface area contributed by atoms with E-state index in [4.69, 9.17) is 4.74 Å². The zero-order valence-corrected chi connectivity index (χ0v) is 17.1. The Labute approximate surface area is 170 Å². The second-order valence-corrected chi connectivity index (χ2v) is 7.94. The topological polar surface area (TPSA) is 67.4 Å². The van der Waals surface area contributed by atoms with E-state index < -0.39 is 0 Å². The zero-order valence-electron chi connectivity index (χ0n) is 16.3. The van der Waals surface area contributed by atoms with Gasteiger partial charge in [0.05, 0.1) is 18.1 Å². The predicted molar refractivity (Wildman–Crippen MR) is 114 cm³/mol. The largest absolute Gasteiger partial charge is 0.371 e. The Morgan fingerprint density at radius 1 is 1.07 bits per heavy atom. The summed E-state index contributed by atoms with van der Waals surface area (Å²) in [7, 11) is 0. The van der Waals surface area contributed by atoms with Gasteiger partial charge in [-0.15, -0.1) is 11.8 Å². The van der Waals surface area contributed by atoms with Crippen LogP contribution in [0.15, 0.2) is 42.5 Å². The van der Waals surface area contributed by atoms with E-state index in [0.717, 1.165) is 23.2 Å². The van der Waals surface area contributed by atoms with Crippen LogP contribution in [0.4, 0.5) is 5.69 Å². The third-order valence-corrected chi connectivity index (χ3v) is 5.77. The summed E-state index contributed by atoms with van der Waals surface area (Å²) < 4.78 is 5.80. The standard InChI is InChI=1S/C22H26N2O3S/c1-15-7-8-18(11-16(15)2)24-22(26)14-28-13-21(25)23-12-20-19-6-4-3-5-17(19)9-10-27-20/h3-8,11,20H,9-10,12-14H2,1-2H3,(H,23,25)(H,24,26)/t20-/m0/s1. The van der Waals surface area contributed by atoms with Crippen molar-refractivity contribution in [1.29, 1.82) is 0 Å². The first kappa shape index (κ1) is 20.4. The van der Waals surface area contributed by atoms with Crippen molar-refractivity contribution in [1.82, 2.24) is 5.32 Å². The minimum Gasteiger partial charge on any atom is -0.371 e. The molecule has 2 amide bonds. The molecule has 0 unspecified atom stereocenters. The van der Waals surface area contributed by atoms with Crippen molar-refractivity contribution in [2.24, 2.45) is 0 Å². The summed E-state index contributed by atoms with van der Waals surface area (Å²) in [6.45, 7) is 5.17. The van der Waals surface area contributed by atoms with Crippen LogP contribution in [0, 0.1) is 13.8 Å². The van der Waals surface area contributed by atoms with Crippen LogP contribution >= 0.6 is 11.8 Å². The highest BCUT2D eigenvalue weighted by Gasteiger charge is 2.20. The fourth-order valence-electron chi connectivity index (χ4n) is 3.16. The molecular weight excluding hydrogens is 372 g/mol. The maximum Gasteiger partial charge on any atom is 0.234 e. The van der Waals surface area contributed by atoms with Crippen LogP contribution in [0.3, 0.4) is 0 Å². The lowest BCUT2D eigenvalue weighted by atomic mass is 9.97. The van der Waals surface area contributed by atoms with Crippen molar-refractivity contribution in [3.8, 4) is 0 Å². The van der Waals surface area contributed by atoms with Crippen LogP contribution in [0.5, 0.6) is 0 Å². The van der Waals surface area contributed by atoms with Gasteiger partial charge in [0, 0.05) is 12.2 Å². The Morgan fingerprint density at radius 3 is 2.68 bits per heavy atom.